The number of carbonyl (C=O) groups excluding carboxylic acids is 1. The van der Waals surface area contributed by atoms with Crippen molar-refractivity contribution < 1.29 is 14.7 Å². The van der Waals surface area contributed by atoms with Crippen LogP contribution in [0.1, 0.15) is 38.2 Å². The predicted octanol–water partition coefficient (Wildman–Crippen LogP) is 2.68. The maximum absolute atomic E-state index is 12.1. The minimum absolute atomic E-state index is 0.00923. The molecule has 1 N–H and O–H groups in total. The first-order chi connectivity index (χ1) is 9.13. The number of carbonyl (C=O) groups is 2. The smallest absolute Gasteiger partial charge is 0.305 e. The van der Waals surface area contributed by atoms with Gasteiger partial charge in [-0.25, -0.2) is 0 Å². The van der Waals surface area contributed by atoms with E-state index >= 15 is 0 Å². The van der Waals surface area contributed by atoms with Gasteiger partial charge in [0.2, 0.25) is 5.91 Å². The van der Waals surface area contributed by atoms with E-state index in [9.17, 15) is 9.59 Å². The number of hydrogen-bond donors (Lipinski definition) is 1. The lowest BCUT2D eigenvalue weighted by Crippen LogP contribution is -2.32. The van der Waals surface area contributed by atoms with Crippen LogP contribution in [0.25, 0.3) is 0 Å². The molecule has 0 aliphatic heterocycles. The van der Waals surface area contributed by atoms with E-state index in [0.717, 1.165) is 18.4 Å². The summed E-state index contributed by atoms with van der Waals surface area (Å²) in [5.74, 6) is -0.840. The van der Waals surface area contributed by atoms with Crippen LogP contribution in [0.5, 0.6) is 0 Å². The summed E-state index contributed by atoms with van der Waals surface area (Å²) in [5.41, 5.74) is 1.03. The SMILES string of the molecule is CCCCC(=O)N(CCC(=O)O)Cc1ccccc1. The number of nitrogens with zero attached hydrogens (tertiary/aromatic N) is 1. The third kappa shape index (κ3) is 6.04. The Morgan fingerprint density at radius 1 is 1.16 bits per heavy atom. The van der Waals surface area contributed by atoms with Gasteiger partial charge < -0.3 is 10.0 Å². The number of unbranched alkanes of at least 4 members (excludes halogenated alkanes) is 1. The lowest BCUT2D eigenvalue weighted by Gasteiger charge is -2.22. The molecule has 0 aliphatic rings. The molecule has 0 fully saturated rings. The molecule has 4 nitrogen and oxygen atoms in total. The molecule has 0 radical (unpaired) electrons. The highest BCUT2D eigenvalue weighted by atomic mass is 16.4. The van der Waals surface area contributed by atoms with E-state index < -0.39 is 5.97 Å². The Hall–Kier alpha value is -1.84. The van der Waals surface area contributed by atoms with Crippen molar-refractivity contribution in [3.63, 3.8) is 0 Å². The number of amides is 1. The Morgan fingerprint density at radius 3 is 2.42 bits per heavy atom. The van der Waals surface area contributed by atoms with Crippen LogP contribution in [-0.4, -0.2) is 28.4 Å². The highest BCUT2D eigenvalue weighted by molar-refractivity contribution is 5.77. The lowest BCUT2D eigenvalue weighted by molar-refractivity contribution is -0.138. The van der Waals surface area contributed by atoms with Crippen LogP contribution in [0, 0.1) is 0 Å². The van der Waals surface area contributed by atoms with Crippen molar-refractivity contribution in [2.75, 3.05) is 6.54 Å². The molecule has 0 bridgehead atoms. The van der Waals surface area contributed by atoms with Gasteiger partial charge in [-0.15, -0.1) is 0 Å². The van der Waals surface area contributed by atoms with E-state index in [0.29, 0.717) is 13.0 Å². The Bertz CT molecular complexity index is 403. The zero-order valence-electron chi connectivity index (χ0n) is 11.3. The summed E-state index contributed by atoms with van der Waals surface area (Å²) in [6, 6.07) is 9.65. The summed E-state index contributed by atoms with van der Waals surface area (Å²) in [7, 11) is 0. The fraction of sp³-hybridized carbons (Fsp3) is 0.467. The van der Waals surface area contributed by atoms with Crippen molar-refractivity contribution in [3.05, 3.63) is 35.9 Å². The molecule has 0 heterocycles. The molecule has 0 unspecified atom stereocenters. The van der Waals surface area contributed by atoms with E-state index in [-0.39, 0.29) is 18.9 Å². The number of carboxylic acid groups (broad SMARTS) is 1. The Kier molecular flexibility index (Phi) is 6.64. The summed E-state index contributed by atoms with van der Waals surface area (Å²) < 4.78 is 0. The second-order valence-corrected chi connectivity index (χ2v) is 4.55. The third-order valence-electron chi connectivity index (χ3n) is 2.91. The van der Waals surface area contributed by atoms with Crippen molar-refractivity contribution >= 4 is 11.9 Å². The van der Waals surface area contributed by atoms with Crippen molar-refractivity contribution in [2.24, 2.45) is 0 Å². The van der Waals surface area contributed by atoms with E-state index in [1.54, 1.807) is 4.90 Å². The van der Waals surface area contributed by atoms with Gasteiger partial charge >= 0.3 is 5.97 Å². The summed E-state index contributed by atoms with van der Waals surface area (Å²) in [6.07, 6.45) is 2.29. The second kappa shape index (κ2) is 8.29. The standard InChI is InChI=1S/C15H21NO3/c1-2-3-9-14(17)16(11-10-15(18)19)12-13-7-5-4-6-8-13/h4-8H,2-3,9-12H2,1H3,(H,18,19). The molecule has 0 saturated heterocycles. The normalized spacial score (nSPS) is 10.2. The summed E-state index contributed by atoms with van der Waals surface area (Å²) in [6.45, 7) is 2.79. The van der Waals surface area contributed by atoms with E-state index in [2.05, 4.69) is 0 Å². The van der Waals surface area contributed by atoms with Crippen molar-refractivity contribution in [1.82, 2.24) is 4.90 Å². The quantitative estimate of drug-likeness (QED) is 0.784. The van der Waals surface area contributed by atoms with Gasteiger partial charge in [0.25, 0.3) is 0 Å². The van der Waals surface area contributed by atoms with Gasteiger partial charge in [0.1, 0.15) is 0 Å². The van der Waals surface area contributed by atoms with Crippen LogP contribution in [0.4, 0.5) is 0 Å². The Labute approximate surface area is 114 Å². The van der Waals surface area contributed by atoms with Crippen LogP contribution in [0.2, 0.25) is 0 Å². The number of benzene rings is 1. The highest BCUT2D eigenvalue weighted by Gasteiger charge is 2.14. The maximum atomic E-state index is 12.1. The minimum Gasteiger partial charge on any atom is -0.481 e. The van der Waals surface area contributed by atoms with Gasteiger partial charge in [0, 0.05) is 19.5 Å². The molecule has 0 aromatic heterocycles. The Balaban J connectivity index is 2.62. The van der Waals surface area contributed by atoms with Gasteiger partial charge in [-0.2, -0.15) is 0 Å². The zero-order chi connectivity index (χ0) is 14.1. The van der Waals surface area contributed by atoms with Gasteiger partial charge in [0.15, 0.2) is 0 Å². The van der Waals surface area contributed by atoms with Crippen LogP contribution < -0.4 is 0 Å². The molecule has 1 rings (SSSR count). The molecule has 0 aliphatic carbocycles. The summed E-state index contributed by atoms with van der Waals surface area (Å²) in [5, 5.41) is 8.75. The molecule has 1 aromatic rings. The first-order valence-electron chi connectivity index (χ1n) is 6.67. The summed E-state index contributed by atoms with van der Waals surface area (Å²) in [4.78, 5) is 24.3. The van der Waals surface area contributed by atoms with E-state index in [4.69, 9.17) is 5.11 Å². The number of aliphatic carboxylic acids is 1. The average Bonchev–Trinajstić information content (AvgIpc) is 2.41. The molecule has 19 heavy (non-hydrogen) atoms. The van der Waals surface area contributed by atoms with Gasteiger partial charge in [-0.3, -0.25) is 9.59 Å². The second-order valence-electron chi connectivity index (χ2n) is 4.55. The highest BCUT2D eigenvalue weighted by Crippen LogP contribution is 2.08. The van der Waals surface area contributed by atoms with Crippen molar-refractivity contribution in [1.29, 1.82) is 0 Å². The van der Waals surface area contributed by atoms with Gasteiger partial charge in [-0.05, 0) is 12.0 Å². The topological polar surface area (TPSA) is 57.6 Å². The monoisotopic (exact) mass is 263 g/mol. The van der Waals surface area contributed by atoms with Gasteiger partial charge in [-0.1, -0.05) is 43.7 Å². The first kappa shape index (κ1) is 15.2. The molecule has 1 aromatic carbocycles. The number of rotatable bonds is 8. The molecule has 4 heteroatoms. The molecule has 1 amide bonds. The van der Waals surface area contributed by atoms with Crippen LogP contribution in [0.15, 0.2) is 30.3 Å². The van der Waals surface area contributed by atoms with E-state index in [1.807, 2.05) is 37.3 Å². The van der Waals surface area contributed by atoms with Crippen LogP contribution >= 0.6 is 0 Å². The molecule has 104 valence electrons. The van der Waals surface area contributed by atoms with Crippen LogP contribution in [-0.2, 0) is 16.1 Å². The van der Waals surface area contributed by atoms with Crippen LogP contribution in [0.3, 0.4) is 0 Å². The first-order valence-corrected chi connectivity index (χ1v) is 6.67. The predicted molar refractivity (Wildman–Crippen MR) is 73.6 cm³/mol. The Morgan fingerprint density at radius 2 is 1.84 bits per heavy atom. The third-order valence-corrected chi connectivity index (χ3v) is 2.91. The fourth-order valence-electron chi connectivity index (χ4n) is 1.81. The lowest BCUT2D eigenvalue weighted by atomic mass is 10.1. The summed E-state index contributed by atoms with van der Waals surface area (Å²) >= 11 is 0. The molecular formula is C15H21NO3. The molecular weight excluding hydrogens is 242 g/mol. The van der Waals surface area contributed by atoms with Gasteiger partial charge in [0.05, 0.1) is 6.42 Å². The average molecular weight is 263 g/mol. The molecule has 0 saturated carbocycles. The fourth-order valence-corrected chi connectivity index (χ4v) is 1.81. The maximum Gasteiger partial charge on any atom is 0.305 e. The number of carboxylic acids is 1. The van der Waals surface area contributed by atoms with Crippen molar-refractivity contribution in [3.8, 4) is 0 Å². The molecule has 0 spiro atoms. The molecule has 0 atom stereocenters. The van der Waals surface area contributed by atoms with E-state index in [1.165, 1.54) is 0 Å². The largest absolute Gasteiger partial charge is 0.481 e. The zero-order valence-corrected chi connectivity index (χ0v) is 11.3. The number of hydrogen-bond acceptors (Lipinski definition) is 2. The minimum atomic E-state index is -0.874. The van der Waals surface area contributed by atoms with Crippen molar-refractivity contribution in [2.45, 2.75) is 39.2 Å².